The summed E-state index contributed by atoms with van der Waals surface area (Å²) >= 11 is 0. The van der Waals surface area contributed by atoms with E-state index in [2.05, 4.69) is 37.5 Å². The molecule has 2 aliphatic rings. The van der Waals surface area contributed by atoms with E-state index in [0.717, 1.165) is 45.9 Å². The molecule has 0 amide bonds. The van der Waals surface area contributed by atoms with E-state index in [1.807, 2.05) is 0 Å². The fourth-order valence-corrected chi connectivity index (χ4v) is 3.43. The van der Waals surface area contributed by atoms with Gasteiger partial charge in [-0.15, -0.1) is 0 Å². The Morgan fingerprint density at radius 3 is 2.62 bits per heavy atom. The Labute approximate surface area is 129 Å². The van der Waals surface area contributed by atoms with Gasteiger partial charge in [-0.25, -0.2) is 0 Å². The van der Waals surface area contributed by atoms with Crippen LogP contribution in [0.3, 0.4) is 0 Å². The Kier molecular flexibility index (Phi) is 6.44. The first-order chi connectivity index (χ1) is 9.99. The van der Waals surface area contributed by atoms with Gasteiger partial charge >= 0.3 is 0 Å². The van der Waals surface area contributed by atoms with Crippen molar-refractivity contribution in [2.24, 2.45) is 0 Å². The van der Waals surface area contributed by atoms with Crippen LogP contribution in [-0.4, -0.2) is 84.7 Å². The molecular weight excluding hydrogens is 268 g/mol. The molecule has 2 aliphatic heterocycles. The summed E-state index contributed by atoms with van der Waals surface area (Å²) in [7, 11) is 0. The average Bonchev–Trinajstić information content (AvgIpc) is 2.47. The smallest absolute Gasteiger partial charge is 0.0961 e. The lowest BCUT2D eigenvalue weighted by atomic mass is 10.0. The van der Waals surface area contributed by atoms with Crippen molar-refractivity contribution >= 4 is 0 Å². The second-order valence-electron chi connectivity index (χ2n) is 6.81. The van der Waals surface area contributed by atoms with Gasteiger partial charge in [0, 0.05) is 37.8 Å². The summed E-state index contributed by atoms with van der Waals surface area (Å²) < 4.78 is 11.3. The van der Waals surface area contributed by atoms with Crippen LogP contribution in [0.5, 0.6) is 0 Å². The van der Waals surface area contributed by atoms with E-state index in [-0.39, 0.29) is 6.10 Å². The SMILES string of the molecule is CC(C)N1CCOC(C(O)CC(C)N2CCOC[C@H]2C)C1. The van der Waals surface area contributed by atoms with Gasteiger partial charge in [-0.05, 0) is 34.1 Å². The van der Waals surface area contributed by atoms with Gasteiger partial charge in [-0.3, -0.25) is 9.80 Å². The average molecular weight is 300 g/mol. The molecule has 1 N–H and O–H groups in total. The maximum absolute atomic E-state index is 10.6. The second-order valence-corrected chi connectivity index (χ2v) is 6.81. The predicted octanol–water partition coefficient (Wildman–Crippen LogP) is 0.956. The number of rotatable bonds is 5. The molecule has 4 atom stereocenters. The molecule has 2 heterocycles. The minimum atomic E-state index is -0.392. The molecule has 0 aromatic carbocycles. The van der Waals surface area contributed by atoms with Crippen molar-refractivity contribution in [3.63, 3.8) is 0 Å². The lowest BCUT2D eigenvalue weighted by Gasteiger charge is -2.41. The Morgan fingerprint density at radius 1 is 1.19 bits per heavy atom. The van der Waals surface area contributed by atoms with E-state index >= 15 is 0 Å². The monoisotopic (exact) mass is 300 g/mol. The van der Waals surface area contributed by atoms with Crippen molar-refractivity contribution in [2.75, 3.05) is 39.5 Å². The van der Waals surface area contributed by atoms with Crippen LogP contribution >= 0.6 is 0 Å². The van der Waals surface area contributed by atoms with Crippen molar-refractivity contribution in [1.82, 2.24) is 9.80 Å². The lowest BCUT2D eigenvalue weighted by molar-refractivity contribution is -0.105. The molecule has 2 rings (SSSR count). The lowest BCUT2D eigenvalue weighted by Crippen LogP contribution is -2.53. The fraction of sp³-hybridized carbons (Fsp3) is 1.00. The summed E-state index contributed by atoms with van der Waals surface area (Å²) in [6.07, 6.45) is 0.317. The summed E-state index contributed by atoms with van der Waals surface area (Å²) in [4.78, 5) is 4.83. The van der Waals surface area contributed by atoms with Gasteiger partial charge < -0.3 is 14.6 Å². The Bertz CT molecular complexity index is 314. The standard InChI is InChI=1S/C16H32N2O3/c1-12(2)17-5-8-21-16(10-17)15(19)9-13(3)18-6-7-20-11-14(18)4/h12-16,19H,5-11H2,1-4H3/t13?,14-,15?,16?/m1/s1. The minimum absolute atomic E-state index is 0.0556. The van der Waals surface area contributed by atoms with Crippen LogP contribution in [0, 0.1) is 0 Å². The van der Waals surface area contributed by atoms with E-state index in [4.69, 9.17) is 9.47 Å². The first kappa shape index (κ1) is 17.2. The van der Waals surface area contributed by atoms with Crippen molar-refractivity contribution in [1.29, 1.82) is 0 Å². The van der Waals surface area contributed by atoms with Gasteiger partial charge in [0.15, 0.2) is 0 Å². The van der Waals surface area contributed by atoms with Crippen molar-refractivity contribution in [3.05, 3.63) is 0 Å². The molecule has 2 saturated heterocycles. The Hall–Kier alpha value is -0.200. The highest BCUT2D eigenvalue weighted by atomic mass is 16.5. The maximum atomic E-state index is 10.6. The maximum Gasteiger partial charge on any atom is 0.0961 e. The van der Waals surface area contributed by atoms with Gasteiger partial charge in [-0.2, -0.15) is 0 Å². The molecular formula is C16H32N2O3. The van der Waals surface area contributed by atoms with Crippen LogP contribution in [0.15, 0.2) is 0 Å². The van der Waals surface area contributed by atoms with Crippen LogP contribution in [0.4, 0.5) is 0 Å². The van der Waals surface area contributed by atoms with E-state index in [0.29, 0.717) is 18.1 Å². The number of aliphatic hydroxyl groups is 1. The normalized spacial score (nSPS) is 32.3. The zero-order chi connectivity index (χ0) is 15.4. The predicted molar refractivity (Wildman–Crippen MR) is 83.5 cm³/mol. The third-order valence-electron chi connectivity index (χ3n) is 4.85. The number of ether oxygens (including phenoxy) is 2. The van der Waals surface area contributed by atoms with E-state index in [1.165, 1.54) is 0 Å². The zero-order valence-electron chi connectivity index (χ0n) is 14.0. The Morgan fingerprint density at radius 2 is 1.95 bits per heavy atom. The number of morpholine rings is 2. The minimum Gasteiger partial charge on any atom is -0.390 e. The molecule has 0 aromatic rings. The molecule has 0 aliphatic carbocycles. The molecule has 0 aromatic heterocycles. The summed E-state index contributed by atoms with van der Waals surface area (Å²) in [5, 5.41) is 10.6. The van der Waals surface area contributed by atoms with Crippen molar-refractivity contribution in [2.45, 2.75) is 64.4 Å². The van der Waals surface area contributed by atoms with Gasteiger partial charge in [0.2, 0.25) is 0 Å². The van der Waals surface area contributed by atoms with Gasteiger partial charge in [0.1, 0.15) is 0 Å². The highest BCUT2D eigenvalue weighted by molar-refractivity contribution is 4.84. The van der Waals surface area contributed by atoms with Crippen LogP contribution in [0.2, 0.25) is 0 Å². The summed E-state index contributed by atoms with van der Waals surface area (Å²) in [5.74, 6) is 0. The van der Waals surface area contributed by atoms with Crippen LogP contribution < -0.4 is 0 Å². The molecule has 0 spiro atoms. The fourth-order valence-electron chi connectivity index (χ4n) is 3.43. The number of nitrogens with zero attached hydrogens (tertiary/aromatic N) is 2. The quantitative estimate of drug-likeness (QED) is 0.819. The topological polar surface area (TPSA) is 45.2 Å². The molecule has 0 radical (unpaired) electrons. The summed E-state index contributed by atoms with van der Waals surface area (Å²) in [6, 6.07) is 1.30. The largest absolute Gasteiger partial charge is 0.390 e. The highest BCUT2D eigenvalue weighted by Crippen LogP contribution is 2.19. The molecule has 0 saturated carbocycles. The number of hydrogen-bond donors (Lipinski definition) is 1. The molecule has 124 valence electrons. The number of hydrogen-bond acceptors (Lipinski definition) is 5. The van der Waals surface area contributed by atoms with Gasteiger partial charge in [0.25, 0.3) is 0 Å². The molecule has 5 heteroatoms. The first-order valence-corrected chi connectivity index (χ1v) is 8.36. The molecule has 2 fully saturated rings. The van der Waals surface area contributed by atoms with E-state index in [9.17, 15) is 5.11 Å². The molecule has 0 bridgehead atoms. The first-order valence-electron chi connectivity index (χ1n) is 8.36. The molecule has 5 nitrogen and oxygen atoms in total. The molecule has 3 unspecified atom stereocenters. The Balaban J connectivity index is 1.83. The van der Waals surface area contributed by atoms with Gasteiger partial charge in [0.05, 0.1) is 32.0 Å². The second kappa shape index (κ2) is 7.88. The van der Waals surface area contributed by atoms with Crippen LogP contribution in [0.1, 0.15) is 34.1 Å². The van der Waals surface area contributed by atoms with E-state index in [1.54, 1.807) is 0 Å². The van der Waals surface area contributed by atoms with Crippen LogP contribution in [-0.2, 0) is 9.47 Å². The summed E-state index contributed by atoms with van der Waals surface area (Å²) in [6.45, 7) is 13.9. The number of aliphatic hydroxyl groups excluding tert-OH is 1. The third kappa shape index (κ3) is 4.63. The van der Waals surface area contributed by atoms with Gasteiger partial charge in [-0.1, -0.05) is 0 Å². The summed E-state index contributed by atoms with van der Waals surface area (Å²) in [5.41, 5.74) is 0. The van der Waals surface area contributed by atoms with Crippen molar-refractivity contribution in [3.8, 4) is 0 Å². The highest BCUT2D eigenvalue weighted by Gasteiger charge is 2.31. The zero-order valence-corrected chi connectivity index (χ0v) is 14.0. The third-order valence-corrected chi connectivity index (χ3v) is 4.85. The van der Waals surface area contributed by atoms with Crippen LogP contribution in [0.25, 0.3) is 0 Å². The molecule has 21 heavy (non-hydrogen) atoms. The van der Waals surface area contributed by atoms with E-state index < -0.39 is 6.10 Å². The van der Waals surface area contributed by atoms with Crippen molar-refractivity contribution < 1.29 is 14.6 Å².